The van der Waals surface area contributed by atoms with Crippen molar-refractivity contribution in [3.63, 3.8) is 0 Å². The number of thiophene rings is 1. The summed E-state index contributed by atoms with van der Waals surface area (Å²) in [6.45, 7) is 1.22. The molecule has 0 unspecified atom stereocenters. The first kappa shape index (κ1) is 20.1. The van der Waals surface area contributed by atoms with E-state index in [0.717, 1.165) is 20.3 Å². The lowest BCUT2D eigenvalue weighted by Crippen LogP contribution is -2.36. The summed E-state index contributed by atoms with van der Waals surface area (Å²) < 4.78 is 7.41. The zero-order chi connectivity index (χ0) is 20.5. The largest absolute Gasteiger partial charge is 0.494 e. The molecule has 2 aromatic carbocycles. The molecule has 0 saturated heterocycles. The second-order valence-electron chi connectivity index (χ2n) is 6.80. The molecule has 0 aliphatic heterocycles. The highest BCUT2D eigenvalue weighted by molar-refractivity contribution is 7.23. The number of nitrogens with zero attached hydrogens (tertiary/aromatic N) is 3. The number of fused-ring (bicyclic) bond motifs is 2. The Bertz CT molecular complexity index is 1190. The smallest absolute Gasteiger partial charge is 0.271 e. The molecule has 150 valence electrons. The highest BCUT2D eigenvalue weighted by Crippen LogP contribution is 2.39. The maximum absolute atomic E-state index is 13.5. The molecule has 0 aliphatic rings. The third kappa shape index (κ3) is 3.83. The minimum absolute atomic E-state index is 0.129. The maximum Gasteiger partial charge on any atom is 0.271 e. The number of benzene rings is 2. The first-order chi connectivity index (χ1) is 14.0. The van der Waals surface area contributed by atoms with Gasteiger partial charge < -0.3 is 9.64 Å². The molecule has 0 N–H and O–H groups in total. The van der Waals surface area contributed by atoms with E-state index < -0.39 is 0 Å². The van der Waals surface area contributed by atoms with Gasteiger partial charge in [-0.1, -0.05) is 47.2 Å². The van der Waals surface area contributed by atoms with Crippen molar-refractivity contribution in [3.8, 4) is 5.75 Å². The summed E-state index contributed by atoms with van der Waals surface area (Å²) in [5.41, 5.74) is 0.764. The molecule has 0 fully saturated rings. The number of carbonyl (C=O) groups excluding carboxylic acids is 1. The second-order valence-corrected chi connectivity index (χ2v) is 9.24. The molecular formula is C21H20ClN3O2S2. The Kier molecular flexibility index (Phi) is 5.74. The third-order valence-corrected chi connectivity index (χ3v) is 7.27. The average molecular weight is 446 g/mol. The summed E-state index contributed by atoms with van der Waals surface area (Å²) in [7, 11) is 5.59. The van der Waals surface area contributed by atoms with E-state index in [-0.39, 0.29) is 5.91 Å². The van der Waals surface area contributed by atoms with Gasteiger partial charge in [0.1, 0.15) is 16.1 Å². The molecule has 2 aromatic heterocycles. The number of carbonyl (C=O) groups is 1. The van der Waals surface area contributed by atoms with Gasteiger partial charge in [0.05, 0.1) is 16.8 Å². The summed E-state index contributed by atoms with van der Waals surface area (Å²) in [5.74, 6) is 0.570. The zero-order valence-electron chi connectivity index (χ0n) is 16.3. The van der Waals surface area contributed by atoms with Gasteiger partial charge in [-0.15, -0.1) is 11.3 Å². The predicted molar refractivity (Wildman–Crippen MR) is 123 cm³/mol. The van der Waals surface area contributed by atoms with Crippen molar-refractivity contribution in [2.75, 3.05) is 39.2 Å². The average Bonchev–Trinajstić information content (AvgIpc) is 3.29. The molecule has 0 spiro atoms. The van der Waals surface area contributed by atoms with E-state index in [0.29, 0.717) is 33.9 Å². The fourth-order valence-electron chi connectivity index (χ4n) is 3.05. The highest BCUT2D eigenvalue weighted by atomic mass is 35.5. The van der Waals surface area contributed by atoms with Crippen molar-refractivity contribution >= 4 is 65.6 Å². The number of halogens is 1. The summed E-state index contributed by atoms with van der Waals surface area (Å²) in [6.07, 6.45) is 0. The number of likely N-dealkylation sites (N-methyl/N-ethyl adjacent to an activating group) is 1. The van der Waals surface area contributed by atoms with Gasteiger partial charge in [0.25, 0.3) is 5.91 Å². The number of anilines is 1. The van der Waals surface area contributed by atoms with Crippen LogP contribution in [0.2, 0.25) is 5.02 Å². The van der Waals surface area contributed by atoms with Crippen LogP contribution in [0.25, 0.3) is 20.3 Å². The second kappa shape index (κ2) is 8.28. The third-order valence-electron chi connectivity index (χ3n) is 4.57. The summed E-state index contributed by atoms with van der Waals surface area (Å²) in [4.78, 5) is 22.6. The molecule has 0 atom stereocenters. The van der Waals surface area contributed by atoms with Gasteiger partial charge in [-0.3, -0.25) is 9.69 Å². The summed E-state index contributed by atoms with van der Waals surface area (Å²) >= 11 is 9.49. The lowest BCUT2D eigenvalue weighted by Gasteiger charge is -2.21. The number of methoxy groups -OCH3 is 1. The Morgan fingerprint density at radius 3 is 2.55 bits per heavy atom. The quantitative estimate of drug-likeness (QED) is 0.399. The van der Waals surface area contributed by atoms with Crippen LogP contribution in [0.3, 0.4) is 0 Å². The van der Waals surface area contributed by atoms with Gasteiger partial charge in [0.2, 0.25) is 0 Å². The Labute approximate surface area is 182 Å². The molecule has 0 radical (unpaired) electrons. The molecule has 5 nitrogen and oxygen atoms in total. The van der Waals surface area contributed by atoms with E-state index in [4.69, 9.17) is 21.3 Å². The number of para-hydroxylation sites is 1. The molecule has 4 aromatic rings. The van der Waals surface area contributed by atoms with Gasteiger partial charge in [0, 0.05) is 23.2 Å². The van der Waals surface area contributed by atoms with E-state index in [2.05, 4.69) is 0 Å². The normalized spacial score (nSPS) is 11.5. The molecular weight excluding hydrogens is 426 g/mol. The lowest BCUT2D eigenvalue weighted by molar-refractivity contribution is 0.0989. The van der Waals surface area contributed by atoms with Crippen molar-refractivity contribution in [2.45, 2.75) is 0 Å². The van der Waals surface area contributed by atoms with Crippen LogP contribution in [0.1, 0.15) is 9.67 Å². The van der Waals surface area contributed by atoms with Crippen LogP contribution in [-0.2, 0) is 0 Å². The molecule has 0 bridgehead atoms. The number of hydrogen-bond donors (Lipinski definition) is 0. The number of ether oxygens (including phenoxy) is 1. The van der Waals surface area contributed by atoms with Crippen molar-refractivity contribution < 1.29 is 9.53 Å². The van der Waals surface area contributed by atoms with E-state index in [1.807, 2.05) is 61.5 Å². The monoisotopic (exact) mass is 445 g/mol. The summed E-state index contributed by atoms with van der Waals surface area (Å²) in [6, 6.07) is 13.6. The molecule has 0 saturated carbocycles. The van der Waals surface area contributed by atoms with Gasteiger partial charge >= 0.3 is 0 Å². The minimum atomic E-state index is -0.129. The fraction of sp³-hybridized carbons (Fsp3) is 0.238. The highest BCUT2D eigenvalue weighted by Gasteiger charge is 2.26. The maximum atomic E-state index is 13.5. The van der Waals surface area contributed by atoms with Crippen LogP contribution in [0, 0.1) is 0 Å². The van der Waals surface area contributed by atoms with E-state index in [1.165, 1.54) is 22.7 Å². The zero-order valence-corrected chi connectivity index (χ0v) is 18.7. The number of amides is 1. The topological polar surface area (TPSA) is 45.7 Å². The van der Waals surface area contributed by atoms with Crippen molar-refractivity contribution in [3.05, 3.63) is 52.4 Å². The first-order valence-electron chi connectivity index (χ1n) is 9.06. The number of rotatable bonds is 6. The Morgan fingerprint density at radius 1 is 1.07 bits per heavy atom. The molecule has 0 aliphatic carbocycles. The Balaban J connectivity index is 1.79. The number of thiazole rings is 1. The van der Waals surface area contributed by atoms with Gasteiger partial charge in [-0.05, 0) is 32.3 Å². The Morgan fingerprint density at radius 2 is 1.83 bits per heavy atom. The molecule has 4 rings (SSSR count). The Hall–Kier alpha value is -2.19. The predicted octanol–water partition coefficient (Wildman–Crippen LogP) is 5.38. The first-order valence-corrected chi connectivity index (χ1v) is 11.1. The lowest BCUT2D eigenvalue weighted by atomic mass is 10.2. The van der Waals surface area contributed by atoms with Crippen LogP contribution in [0.15, 0.2) is 42.5 Å². The summed E-state index contributed by atoms with van der Waals surface area (Å²) in [5, 5.41) is 2.05. The molecule has 1 amide bonds. The SMILES string of the molecule is COc1cccc2sc(N(CCN(C)C)C(=O)c3sc4ccccc4c3Cl)nc12. The van der Waals surface area contributed by atoms with Gasteiger partial charge in [0.15, 0.2) is 5.13 Å². The molecule has 29 heavy (non-hydrogen) atoms. The molecule has 8 heteroatoms. The van der Waals surface area contributed by atoms with Crippen LogP contribution in [0.5, 0.6) is 5.75 Å². The number of aromatic nitrogens is 1. The van der Waals surface area contributed by atoms with Crippen LogP contribution in [0.4, 0.5) is 5.13 Å². The van der Waals surface area contributed by atoms with Crippen molar-refractivity contribution in [1.82, 2.24) is 9.88 Å². The minimum Gasteiger partial charge on any atom is -0.494 e. The fourth-order valence-corrected chi connectivity index (χ4v) is 5.52. The van der Waals surface area contributed by atoms with Crippen LogP contribution in [-0.4, -0.2) is 50.1 Å². The molecule has 2 heterocycles. The van der Waals surface area contributed by atoms with Crippen molar-refractivity contribution in [2.24, 2.45) is 0 Å². The van der Waals surface area contributed by atoms with E-state index >= 15 is 0 Å². The van der Waals surface area contributed by atoms with Crippen LogP contribution < -0.4 is 9.64 Å². The van der Waals surface area contributed by atoms with Crippen molar-refractivity contribution in [1.29, 1.82) is 0 Å². The van der Waals surface area contributed by atoms with Crippen LogP contribution >= 0.6 is 34.3 Å². The van der Waals surface area contributed by atoms with E-state index in [1.54, 1.807) is 12.0 Å². The number of hydrogen-bond acceptors (Lipinski definition) is 6. The van der Waals surface area contributed by atoms with E-state index in [9.17, 15) is 4.79 Å². The van der Waals surface area contributed by atoms with Gasteiger partial charge in [-0.2, -0.15) is 0 Å². The standard InChI is InChI=1S/C21H20ClN3O2S2/c1-24(2)11-12-25(21-23-18-14(27-3)8-6-10-16(18)29-21)20(26)19-17(22)13-7-4-5-9-15(13)28-19/h4-10H,11-12H2,1-3H3. The van der Waals surface area contributed by atoms with Gasteiger partial charge in [-0.25, -0.2) is 4.98 Å².